The molecule has 0 amide bonds. The molecule has 0 heterocycles. The first kappa shape index (κ1) is 19.6. The maximum absolute atomic E-state index is 11.0. The Morgan fingerprint density at radius 2 is 1.59 bits per heavy atom. The molecule has 0 aliphatic heterocycles. The highest BCUT2D eigenvalue weighted by atomic mass is 31.1. The van der Waals surface area contributed by atoms with Crippen molar-refractivity contribution in [3.05, 3.63) is 95.1 Å². The Labute approximate surface area is 163 Å². The van der Waals surface area contributed by atoms with Crippen LogP contribution < -0.4 is 5.30 Å². The first-order valence-corrected chi connectivity index (χ1v) is 10.4. The highest BCUT2D eigenvalue weighted by Crippen LogP contribution is 2.48. The molecule has 3 atom stereocenters. The van der Waals surface area contributed by atoms with Gasteiger partial charge in [0.05, 0.1) is 0 Å². The van der Waals surface area contributed by atoms with Gasteiger partial charge in [-0.25, -0.2) is 0 Å². The van der Waals surface area contributed by atoms with E-state index in [2.05, 4.69) is 19.9 Å². The third kappa shape index (κ3) is 4.08. The summed E-state index contributed by atoms with van der Waals surface area (Å²) in [5.74, 6) is 0.385. The quantitative estimate of drug-likeness (QED) is 0.563. The molecule has 0 bridgehead atoms. The molecular formula is C24H27O2P. The molecule has 0 fully saturated rings. The predicted octanol–water partition coefficient (Wildman–Crippen LogP) is 5.41. The van der Waals surface area contributed by atoms with Gasteiger partial charge in [0.1, 0.15) is 11.9 Å². The van der Waals surface area contributed by atoms with Gasteiger partial charge in [-0.1, -0.05) is 95.2 Å². The summed E-state index contributed by atoms with van der Waals surface area (Å²) >= 11 is 0. The summed E-state index contributed by atoms with van der Waals surface area (Å²) in [5, 5.41) is 22.6. The number of aryl methyl sites for hydroxylation is 1. The topological polar surface area (TPSA) is 40.5 Å². The van der Waals surface area contributed by atoms with Gasteiger partial charge in [-0.2, -0.15) is 0 Å². The number of aliphatic hydroxyl groups is 1. The molecule has 0 saturated heterocycles. The Hall–Kier alpha value is -2.15. The summed E-state index contributed by atoms with van der Waals surface area (Å²) in [6.45, 7) is 6.29. The molecule has 0 aromatic heterocycles. The van der Waals surface area contributed by atoms with Gasteiger partial charge >= 0.3 is 0 Å². The van der Waals surface area contributed by atoms with Crippen LogP contribution in [-0.2, 0) is 5.16 Å². The molecule has 0 aliphatic rings. The molecule has 2 N–H and O–H groups in total. The van der Waals surface area contributed by atoms with Crippen molar-refractivity contribution in [3.8, 4) is 5.75 Å². The Balaban J connectivity index is 2.01. The summed E-state index contributed by atoms with van der Waals surface area (Å²) in [4.78, 5) is 0. The van der Waals surface area contributed by atoms with E-state index in [1.807, 2.05) is 73.7 Å². The molecule has 3 rings (SSSR count). The zero-order chi connectivity index (χ0) is 19.4. The highest BCUT2D eigenvalue weighted by Gasteiger charge is 2.30. The molecule has 3 heteroatoms. The van der Waals surface area contributed by atoms with Crippen LogP contribution in [0.4, 0.5) is 0 Å². The molecule has 3 unspecified atom stereocenters. The number of benzene rings is 3. The molecule has 3 aromatic rings. The molecule has 140 valence electrons. The van der Waals surface area contributed by atoms with Crippen molar-refractivity contribution >= 4 is 13.9 Å². The SMILES string of the molecule is CCC(C)(Pc1ccccc1C(O)c1ccccc1)c1cccc(C)c1O. The van der Waals surface area contributed by atoms with E-state index in [4.69, 9.17) is 0 Å². The maximum atomic E-state index is 11.0. The summed E-state index contributed by atoms with van der Waals surface area (Å²) in [5.41, 5.74) is 3.71. The number of hydrogen-bond donors (Lipinski definition) is 2. The fourth-order valence-electron chi connectivity index (χ4n) is 3.41. The molecule has 0 aliphatic carbocycles. The largest absolute Gasteiger partial charge is 0.507 e. The van der Waals surface area contributed by atoms with Crippen LogP contribution in [0.3, 0.4) is 0 Å². The Morgan fingerprint density at radius 3 is 2.30 bits per heavy atom. The van der Waals surface area contributed by atoms with Gasteiger partial charge in [-0.3, -0.25) is 0 Å². The molecule has 0 saturated carbocycles. The van der Waals surface area contributed by atoms with E-state index in [9.17, 15) is 10.2 Å². The molecule has 2 nitrogen and oxygen atoms in total. The van der Waals surface area contributed by atoms with Crippen LogP contribution in [0.25, 0.3) is 0 Å². The van der Waals surface area contributed by atoms with E-state index in [1.54, 1.807) is 0 Å². The normalized spacial score (nSPS) is 15.0. The maximum Gasteiger partial charge on any atom is 0.122 e. The summed E-state index contributed by atoms with van der Waals surface area (Å²) < 4.78 is 0. The second-order valence-corrected chi connectivity index (χ2v) is 9.07. The lowest BCUT2D eigenvalue weighted by atomic mass is 9.94. The minimum atomic E-state index is -0.651. The lowest BCUT2D eigenvalue weighted by Crippen LogP contribution is -2.21. The van der Waals surface area contributed by atoms with Crippen LogP contribution in [0.2, 0.25) is 0 Å². The van der Waals surface area contributed by atoms with Crippen molar-refractivity contribution in [2.75, 3.05) is 0 Å². The number of rotatable bonds is 6. The number of aromatic hydroxyl groups is 1. The van der Waals surface area contributed by atoms with Gasteiger partial charge in [-0.15, -0.1) is 0 Å². The molecular weight excluding hydrogens is 351 g/mol. The molecule has 3 aromatic carbocycles. The van der Waals surface area contributed by atoms with E-state index >= 15 is 0 Å². The van der Waals surface area contributed by atoms with Crippen molar-refractivity contribution in [1.29, 1.82) is 0 Å². The Morgan fingerprint density at radius 1 is 0.926 bits per heavy atom. The van der Waals surface area contributed by atoms with E-state index in [0.29, 0.717) is 14.3 Å². The van der Waals surface area contributed by atoms with Crippen molar-refractivity contribution in [2.45, 2.75) is 38.5 Å². The first-order valence-electron chi connectivity index (χ1n) is 9.35. The van der Waals surface area contributed by atoms with E-state index in [1.165, 1.54) is 0 Å². The van der Waals surface area contributed by atoms with Gasteiger partial charge in [0, 0.05) is 10.7 Å². The van der Waals surface area contributed by atoms with Gasteiger partial charge < -0.3 is 10.2 Å². The minimum absolute atomic E-state index is 0.192. The number of phenolic OH excluding ortho intramolecular Hbond substituents is 1. The average Bonchev–Trinajstić information content (AvgIpc) is 2.70. The lowest BCUT2D eigenvalue weighted by molar-refractivity contribution is 0.221. The first-order chi connectivity index (χ1) is 13.0. The van der Waals surface area contributed by atoms with Crippen LogP contribution in [0.1, 0.15) is 48.6 Å². The van der Waals surface area contributed by atoms with Crippen molar-refractivity contribution in [1.82, 2.24) is 0 Å². The standard InChI is InChI=1S/C24H27O2P/c1-4-24(3,20-15-10-11-17(2)22(20)25)27-21-16-9-8-14-19(21)23(26)18-12-6-5-7-13-18/h5-16,23,25-27H,4H2,1-3H3. The highest BCUT2D eigenvalue weighted by molar-refractivity contribution is 7.48. The number of aliphatic hydroxyl groups excluding tert-OH is 1. The Bertz CT molecular complexity index is 907. The van der Waals surface area contributed by atoms with E-state index < -0.39 is 6.10 Å². The second kappa shape index (κ2) is 8.25. The number of phenols is 1. The van der Waals surface area contributed by atoms with Gasteiger partial charge in [0.15, 0.2) is 0 Å². The van der Waals surface area contributed by atoms with Crippen LogP contribution in [0.15, 0.2) is 72.8 Å². The summed E-state index contributed by atoms with van der Waals surface area (Å²) in [7, 11) is 0.435. The van der Waals surface area contributed by atoms with Crippen LogP contribution in [0.5, 0.6) is 5.75 Å². The van der Waals surface area contributed by atoms with Crippen LogP contribution in [0, 0.1) is 6.92 Å². The van der Waals surface area contributed by atoms with Crippen molar-refractivity contribution in [3.63, 3.8) is 0 Å². The van der Waals surface area contributed by atoms with E-state index in [0.717, 1.165) is 34.0 Å². The van der Waals surface area contributed by atoms with E-state index in [-0.39, 0.29) is 5.16 Å². The fraction of sp³-hybridized carbons (Fsp3) is 0.250. The predicted molar refractivity (Wildman–Crippen MR) is 115 cm³/mol. The van der Waals surface area contributed by atoms with Gasteiger partial charge in [-0.05, 0) is 35.3 Å². The third-order valence-corrected chi connectivity index (χ3v) is 7.22. The minimum Gasteiger partial charge on any atom is -0.507 e. The lowest BCUT2D eigenvalue weighted by Gasteiger charge is -2.31. The summed E-state index contributed by atoms with van der Waals surface area (Å²) in [6, 6.07) is 23.8. The molecule has 0 radical (unpaired) electrons. The van der Waals surface area contributed by atoms with Gasteiger partial charge in [0.2, 0.25) is 0 Å². The van der Waals surface area contributed by atoms with Crippen LogP contribution >= 0.6 is 8.58 Å². The van der Waals surface area contributed by atoms with Gasteiger partial charge in [0.25, 0.3) is 0 Å². The van der Waals surface area contributed by atoms with Crippen molar-refractivity contribution in [2.24, 2.45) is 0 Å². The zero-order valence-corrected chi connectivity index (χ0v) is 17.1. The fourth-order valence-corrected chi connectivity index (χ4v) is 5.06. The van der Waals surface area contributed by atoms with Crippen LogP contribution in [-0.4, -0.2) is 10.2 Å². The third-order valence-electron chi connectivity index (χ3n) is 5.32. The molecule has 27 heavy (non-hydrogen) atoms. The smallest absolute Gasteiger partial charge is 0.122 e. The molecule has 0 spiro atoms. The average molecular weight is 378 g/mol. The second-order valence-electron chi connectivity index (χ2n) is 7.18. The zero-order valence-electron chi connectivity index (χ0n) is 16.1. The van der Waals surface area contributed by atoms with Crippen molar-refractivity contribution < 1.29 is 10.2 Å². The monoisotopic (exact) mass is 378 g/mol. The number of para-hydroxylation sites is 1. The number of hydrogen-bond acceptors (Lipinski definition) is 2. The summed E-state index contributed by atoms with van der Waals surface area (Å²) in [6.07, 6.45) is 0.250. The Kier molecular flexibility index (Phi) is 5.99.